The Kier molecular flexibility index (Phi) is 6.65. The molecule has 1 N–H and O–H groups in total. The van der Waals surface area contributed by atoms with Crippen molar-refractivity contribution in [3.05, 3.63) is 79.2 Å². The summed E-state index contributed by atoms with van der Waals surface area (Å²) in [7, 11) is 0. The maximum atomic E-state index is 12.8. The number of halogens is 1. The molecule has 0 unspecified atom stereocenters. The molecule has 0 aliphatic heterocycles. The quantitative estimate of drug-likeness (QED) is 0.612. The molecule has 2 aromatic heterocycles. The van der Waals surface area contributed by atoms with Crippen LogP contribution in [0.3, 0.4) is 0 Å². The van der Waals surface area contributed by atoms with Gasteiger partial charge in [0.1, 0.15) is 12.1 Å². The number of carbonyl (C=O) groups excluding carboxylic acids is 1. The van der Waals surface area contributed by atoms with Gasteiger partial charge in [-0.25, -0.2) is 14.2 Å². The molecule has 0 saturated carbocycles. The molecule has 170 valence electrons. The molecule has 0 aliphatic carbocycles. The number of aryl methyl sites for hydroxylation is 1. The summed E-state index contributed by atoms with van der Waals surface area (Å²) in [6, 6.07) is 6.67. The Morgan fingerprint density at radius 2 is 1.91 bits per heavy atom. The van der Waals surface area contributed by atoms with Crippen molar-refractivity contribution in [2.75, 3.05) is 0 Å². The number of nitrogens with zero attached hydrogens (tertiary/aromatic N) is 4. The summed E-state index contributed by atoms with van der Waals surface area (Å²) in [6.45, 7) is 6.12. The zero-order valence-corrected chi connectivity index (χ0v) is 18.8. The van der Waals surface area contributed by atoms with Gasteiger partial charge in [-0.05, 0) is 45.4 Å². The molecule has 1 atom stereocenters. The molecular formula is C21H23ClN4O6. The summed E-state index contributed by atoms with van der Waals surface area (Å²) in [4.78, 5) is 41.8. The minimum absolute atomic E-state index is 0.0242. The second-order valence-electron chi connectivity index (χ2n) is 8.21. The van der Waals surface area contributed by atoms with Gasteiger partial charge in [0.2, 0.25) is 5.89 Å². The molecule has 0 spiro atoms. The number of carbonyl (C=O) groups is 1. The Morgan fingerprint density at radius 3 is 2.53 bits per heavy atom. The minimum atomic E-state index is -0.906. The number of aliphatic hydroxyl groups excluding tert-OH is 1. The van der Waals surface area contributed by atoms with Gasteiger partial charge in [0.05, 0.1) is 6.10 Å². The molecule has 2 heterocycles. The number of hydrogen-bond acceptors (Lipinski definition) is 8. The van der Waals surface area contributed by atoms with Gasteiger partial charge in [0.15, 0.2) is 5.82 Å². The number of aromatic nitrogens is 4. The first-order valence-corrected chi connectivity index (χ1v) is 10.1. The van der Waals surface area contributed by atoms with Gasteiger partial charge >= 0.3 is 11.8 Å². The van der Waals surface area contributed by atoms with Gasteiger partial charge in [-0.3, -0.25) is 9.36 Å². The van der Waals surface area contributed by atoms with Crippen molar-refractivity contribution in [1.82, 2.24) is 19.3 Å². The predicted octanol–water partition coefficient (Wildman–Crippen LogP) is 2.46. The largest absolute Gasteiger partial charge is 0.443 e. The van der Waals surface area contributed by atoms with Crippen LogP contribution in [-0.4, -0.2) is 36.1 Å². The lowest BCUT2D eigenvalue weighted by molar-refractivity contribution is 0.0524. The van der Waals surface area contributed by atoms with E-state index in [9.17, 15) is 19.5 Å². The number of benzene rings is 1. The Balaban J connectivity index is 1.83. The first-order valence-electron chi connectivity index (χ1n) is 9.76. The topological polar surface area (TPSA) is 129 Å². The molecule has 0 bridgehead atoms. The van der Waals surface area contributed by atoms with Crippen LogP contribution < -0.4 is 11.2 Å². The molecule has 0 amide bonds. The van der Waals surface area contributed by atoms with Gasteiger partial charge in [0.25, 0.3) is 5.56 Å². The van der Waals surface area contributed by atoms with Crippen LogP contribution in [0.2, 0.25) is 5.02 Å². The van der Waals surface area contributed by atoms with Gasteiger partial charge in [-0.15, -0.1) is 0 Å². The van der Waals surface area contributed by atoms with Crippen LogP contribution in [0.25, 0.3) is 0 Å². The zero-order chi connectivity index (χ0) is 23.6. The average molecular weight is 463 g/mol. The van der Waals surface area contributed by atoms with Crippen LogP contribution in [-0.2, 0) is 17.7 Å². The van der Waals surface area contributed by atoms with E-state index in [0.717, 1.165) is 15.3 Å². The van der Waals surface area contributed by atoms with Crippen LogP contribution in [0.1, 0.15) is 49.7 Å². The number of hydrogen-bond donors (Lipinski definition) is 1. The average Bonchev–Trinajstić information content (AvgIpc) is 3.14. The van der Waals surface area contributed by atoms with Crippen molar-refractivity contribution in [2.45, 2.75) is 52.4 Å². The third-order valence-electron chi connectivity index (χ3n) is 4.37. The fourth-order valence-corrected chi connectivity index (χ4v) is 2.99. The molecule has 3 aromatic rings. The van der Waals surface area contributed by atoms with Crippen molar-refractivity contribution in [1.29, 1.82) is 0 Å². The van der Waals surface area contributed by atoms with Crippen molar-refractivity contribution in [3.63, 3.8) is 0 Å². The molecular weight excluding hydrogens is 440 g/mol. The van der Waals surface area contributed by atoms with E-state index in [0.29, 0.717) is 10.6 Å². The van der Waals surface area contributed by atoms with E-state index in [1.165, 1.54) is 6.92 Å². The Morgan fingerprint density at radius 1 is 1.25 bits per heavy atom. The molecule has 0 aliphatic rings. The zero-order valence-electron chi connectivity index (χ0n) is 18.0. The van der Waals surface area contributed by atoms with E-state index in [2.05, 4.69) is 10.1 Å². The van der Waals surface area contributed by atoms with Gasteiger partial charge in [-0.2, -0.15) is 4.98 Å². The molecule has 10 nitrogen and oxygen atoms in total. The van der Waals surface area contributed by atoms with E-state index in [1.54, 1.807) is 45.0 Å². The normalized spacial score (nSPS) is 12.6. The lowest BCUT2D eigenvalue weighted by Gasteiger charge is -2.20. The molecule has 0 radical (unpaired) electrons. The molecule has 0 saturated heterocycles. The van der Waals surface area contributed by atoms with Crippen LogP contribution in [0.5, 0.6) is 0 Å². The molecule has 11 heteroatoms. The Hall–Kier alpha value is -3.24. The van der Waals surface area contributed by atoms with Gasteiger partial charge in [-0.1, -0.05) is 28.9 Å². The highest BCUT2D eigenvalue weighted by Gasteiger charge is 2.22. The molecule has 0 fully saturated rings. The fraction of sp³-hybridized carbons (Fsp3) is 0.381. The summed E-state index contributed by atoms with van der Waals surface area (Å²) in [5, 5.41) is 14.7. The minimum Gasteiger partial charge on any atom is -0.443 e. The molecule has 3 rings (SSSR count). The monoisotopic (exact) mass is 462 g/mol. The van der Waals surface area contributed by atoms with Crippen molar-refractivity contribution in [2.24, 2.45) is 0 Å². The van der Waals surface area contributed by atoms with Crippen molar-refractivity contribution >= 4 is 17.7 Å². The highest BCUT2D eigenvalue weighted by molar-refractivity contribution is 6.30. The lowest BCUT2D eigenvalue weighted by atomic mass is 10.1. The smallest absolute Gasteiger partial charge is 0.422 e. The second kappa shape index (κ2) is 9.09. The second-order valence-corrected chi connectivity index (χ2v) is 8.65. The summed E-state index contributed by atoms with van der Waals surface area (Å²) >= 11 is 5.85. The third-order valence-corrected chi connectivity index (χ3v) is 4.62. The predicted molar refractivity (Wildman–Crippen MR) is 115 cm³/mol. The van der Waals surface area contributed by atoms with Crippen LogP contribution in [0.4, 0.5) is 4.79 Å². The van der Waals surface area contributed by atoms with E-state index >= 15 is 0 Å². The van der Waals surface area contributed by atoms with Crippen LogP contribution >= 0.6 is 11.6 Å². The van der Waals surface area contributed by atoms with E-state index in [1.807, 2.05) is 0 Å². The highest BCUT2D eigenvalue weighted by atomic mass is 35.5. The van der Waals surface area contributed by atoms with Crippen LogP contribution in [0, 0.1) is 6.92 Å². The van der Waals surface area contributed by atoms with Gasteiger partial charge in [0, 0.05) is 23.2 Å². The van der Waals surface area contributed by atoms with Crippen LogP contribution in [0.15, 0.2) is 44.6 Å². The summed E-state index contributed by atoms with van der Waals surface area (Å²) in [5.41, 5.74) is -1.53. The number of aliphatic hydroxyl groups is 1. The van der Waals surface area contributed by atoms with E-state index in [-0.39, 0.29) is 30.2 Å². The Labute approximate surface area is 188 Å². The third kappa shape index (κ3) is 5.51. The fourth-order valence-electron chi connectivity index (χ4n) is 2.86. The van der Waals surface area contributed by atoms with Crippen molar-refractivity contribution in [3.8, 4) is 0 Å². The maximum absolute atomic E-state index is 12.8. The SMILES string of the molecule is Cc1cn(C(=O)OC(C)(C)C)c(=O)n(Cc2nc(C[C@H](O)c3ccc(Cl)cc3)no2)c1=O. The first-order chi connectivity index (χ1) is 14.9. The number of ether oxygens (including phenoxy) is 1. The summed E-state index contributed by atoms with van der Waals surface area (Å²) < 4.78 is 11.9. The highest BCUT2D eigenvalue weighted by Crippen LogP contribution is 2.19. The standard InChI is InChI=1S/C21H23ClN4O6/c1-12-10-26(20(30)31-21(2,3)4)19(29)25(18(12)28)11-17-23-16(24-32-17)9-15(27)13-5-7-14(22)8-6-13/h5-8,10,15,27H,9,11H2,1-4H3/t15-/m0/s1. The molecule has 32 heavy (non-hydrogen) atoms. The molecule has 1 aromatic carbocycles. The maximum Gasteiger partial charge on any atom is 0.422 e. The number of rotatable bonds is 5. The lowest BCUT2D eigenvalue weighted by Crippen LogP contribution is -2.44. The summed E-state index contributed by atoms with van der Waals surface area (Å²) in [5.74, 6) is 0.166. The first kappa shape index (κ1) is 23.4. The van der Waals surface area contributed by atoms with Gasteiger partial charge < -0.3 is 14.4 Å². The summed E-state index contributed by atoms with van der Waals surface area (Å²) in [6.07, 6.45) is -0.618. The van der Waals surface area contributed by atoms with Crippen molar-refractivity contribution < 1.29 is 19.2 Å². The van der Waals surface area contributed by atoms with E-state index < -0.39 is 29.0 Å². The van der Waals surface area contributed by atoms with E-state index in [4.69, 9.17) is 20.9 Å². The Bertz CT molecular complexity index is 1240.